The Labute approximate surface area is 91.6 Å². The molecular formula is C11H21NO3. The molecule has 1 atom stereocenters. The SMILES string of the molecule is CCC(C)CCC(=O)N(CC)C(=O)OC. The molecule has 0 fully saturated rings. The van der Waals surface area contributed by atoms with Crippen molar-refractivity contribution in [3.8, 4) is 0 Å². The zero-order chi connectivity index (χ0) is 11.8. The van der Waals surface area contributed by atoms with Crippen LogP contribution in [-0.4, -0.2) is 30.6 Å². The summed E-state index contributed by atoms with van der Waals surface area (Å²) in [6.45, 7) is 6.32. The zero-order valence-corrected chi connectivity index (χ0v) is 10.1. The lowest BCUT2D eigenvalue weighted by Crippen LogP contribution is -2.36. The van der Waals surface area contributed by atoms with E-state index in [9.17, 15) is 9.59 Å². The van der Waals surface area contributed by atoms with Crippen molar-refractivity contribution in [3.63, 3.8) is 0 Å². The fraction of sp³-hybridized carbons (Fsp3) is 0.818. The normalized spacial score (nSPS) is 12.0. The van der Waals surface area contributed by atoms with Gasteiger partial charge in [-0.2, -0.15) is 0 Å². The molecule has 4 nitrogen and oxygen atoms in total. The van der Waals surface area contributed by atoms with Crippen LogP contribution in [0.3, 0.4) is 0 Å². The number of amides is 2. The van der Waals surface area contributed by atoms with Gasteiger partial charge in [0.25, 0.3) is 0 Å². The fourth-order valence-corrected chi connectivity index (χ4v) is 1.23. The number of carbonyl (C=O) groups excluding carboxylic acids is 2. The Morgan fingerprint density at radius 3 is 2.33 bits per heavy atom. The second-order valence-electron chi connectivity index (χ2n) is 3.66. The third-order valence-electron chi connectivity index (χ3n) is 2.56. The fourth-order valence-electron chi connectivity index (χ4n) is 1.23. The van der Waals surface area contributed by atoms with Crippen LogP contribution in [0.15, 0.2) is 0 Å². The third kappa shape index (κ3) is 4.81. The summed E-state index contributed by atoms with van der Waals surface area (Å²) in [5, 5.41) is 0. The van der Waals surface area contributed by atoms with Crippen molar-refractivity contribution >= 4 is 12.0 Å². The van der Waals surface area contributed by atoms with Gasteiger partial charge in [0.05, 0.1) is 7.11 Å². The van der Waals surface area contributed by atoms with Gasteiger partial charge in [-0.05, 0) is 19.3 Å². The number of carbonyl (C=O) groups is 2. The predicted molar refractivity (Wildman–Crippen MR) is 58.5 cm³/mol. The average molecular weight is 215 g/mol. The summed E-state index contributed by atoms with van der Waals surface area (Å²) >= 11 is 0. The van der Waals surface area contributed by atoms with E-state index in [1.807, 2.05) is 0 Å². The number of rotatable bonds is 5. The van der Waals surface area contributed by atoms with Crippen LogP contribution in [0.25, 0.3) is 0 Å². The molecule has 0 rings (SSSR count). The number of nitrogens with zero attached hydrogens (tertiary/aromatic N) is 1. The van der Waals surface area contributed by atoms with Gasteiger partial charge >= 0.3 is 6.09 Å². The van der Waals surface area contributed by atoms with Crippen molar-refractivity contribution in [3.05, 3.63) is 0 Å². The number of hydrogen-bond acceptors (Lipinski definition) is 3. The van der Waals surface area contributed by atoms with E-state index >= 15 is 0 Å². The molecule has 0 N–H and O–H groups in total. The highest BCUT2D eigenvalue weighted by atomic mass is 16.5. The number of hydrogen-bond donors (Lipinski definition) is 0. The van der Waals surface area contributed by atoms with Gasteiger partial charge in [0.2, 0.25) is 5.91 Å². The van der Waals surface area contributed by atoms with E-state index in [2.05, 4.69) is 18.6 Å². The topological polar surface area (TPSA) is 46.6 Å². The Kier molecular flexibility index (Phi) is 6.75. The highest BCUT2D eigenvalue weighted by molar-refractivity contribution is 5.91. The Morgan fingerprint density at radius 1 is 1.33 bits per heavy atom. The van der Waals surface area contributed by atoms with Crippen molar-refractivity contribution in [2.24, 2.45) is 5.92 Å². The van der Waals surface area contributed by atoms with E-state index in [4.69, 9.17) is 0 Å². The monoisotopic (exact) mass is 215 g/mol. The van der Waals surface area contributed by atoms with Gasteiger partial charge in [0.1, 0.15) is 0 Å². The molecule has 2 amide bonds. The molecule has 0 aromatic heterocycles. The van der Waals surface area contributed by atoms with Gasteiger partial charge in [-0.1, -0.05) is 20.3 Å². The first-order valence-corrected chi connectivity index (χ1v) is 5.45. The summed E-state index contributed by atoms with van der Waals surface area (Å²) < 4.78 is 4.52. The van der Waals surface area contributed by atoms with Gasteiger partial charge in [-0.25, -0.2) is 9.69 Å². The van der Waals surface area contributed by atoms with Gasteiger partial charge in [0, 0.05) is 13.0 Å². The lowest BCUT2D eigenvalue weighted by molar-refractivity contribution is -0.129. The molecule has 0 saturated carbocycles. The van der Waals surface area contributed by atoms with E-state index in [-0.39, 0.29) is 5.91 Å². The number of methoxy groups -OCH3 is 1. The highest BCUT2D eigenvalue weighted by Crippen LogP contribution is 2.11. The second kappa shape index (κ2) is 7.26. The average Bonchev–Trinajstić information content (AvgIpc) is 2.26. The predicted octanol–water partition coefficient (Wildman–Crippen LogP) is 2.43. The van der Waals surface area contributed by atoms with E-state index in [0.29, 0.717) is 18.9 Å². The summed E-state index contributed by atoms with van der Waals surface area (Å²) in [7, 11) is 1.28. The van der Waals surface area contributed by atoms with Crippen LogP contribution in [0.2, 0.25) is 0 Å². The molecule has 0 spiro atoms. The van der Waals surface area contributed by atoms with E-state index in [0.717, 1.165) is 17.7 Å². The maximum absolute atomic E-state index is 11.6. The molecule has 0 aromatic rings. The third-order valence-corrected chi connectivity index (χ3v) is 2.56. The summed E-state index contributed by atoms with van der Waals surface area (Å²) in [4.78, 5) is 23.9. The Morgan fingerprint density at radius 2 is 1.93 bits per heavy atom. The van der Waals surface area contributed by atoms with Gasteiger partial charge < -0.3 is 4.74 Å². The first-order chi connectivity index (χ1) is 7.06. The summed E-state index contributed by atoms with van der Waals surface area (Å²) in [5.41, 5.74) is 0. The minimum absolute atomic E-state index is 0.148. The highest BCUT2D eigenvalue weighted by Gasteiger charge is 2.19. The minimum atomic E-state index is -0.563. The van der Waals surface area contributed by atoms with Crippen LogP contribution < -0.4 is 0 Å². The van der Waals surface area contributed by atoms with E-state index in [1.54, 1.807) is 6.92 Å². The molecule has 0 aliphatic carbocycles. The van der Waals surface area contributed by atoms with Crippen molar-refractivity contribution < 1.29 is 14.3 Å². The van der Waals surface area contributed by atoms with Gasteiger partial charge in [-0.3, -0.25) is 4.79 Å². The summed E-state index contributed by atoms with van der Waals surface area (Å²) in [5.74, 6) is 0.370. The molecule has 0 radical (unpaired) electrons. The molecular weight excluding hydrogens is 194 g/mol. The summed E-state index contributed by atoms with van der Waals surface area (Å²) in [6.07, 6.45) is 1.73. The lowest BCUT2D eigenvalue weighted by Gasteiger charge is -2.18. The minimum Gasteiger partial charge on any atom is -0.452 e. The molecule has 0 aliphatic rings. The maximum Gasteiger partial charge on any atom is 0.416 e. The zero-order valence-electron chi connectivity index (χ0n) is 10.1. The lowest BCUT2D eigenvalue weighted by atomic mass is 10.0. The van der Waals surface area contributed by atoms with Gasteiger partial charge in [-0.15, -0.1) is 0 Å². The summed E-state index contributed by atoms with van der Waals surface area (Å²) in [6, 6.07) is 0. The standard InChI is InChI=1S/C11H21NO3/c1-5-9(3)7-8-10(13)12(6-2)11(14)15-4/h9H,5-8H2,1-4H3. The molecule has 0 bridgehead atoms. The molecule has 15 heavy (non-hydrogen) atoms. The van der Waals surface area contributed by atoms with Crippen LogP contribution in [0, 0.1) is 5.92 Å². The maximum atomic E-state index is 11.6. The molecule has 0 saturated heterocycles. The largest absolute Gasteiger partial charge is 0.452 e. The smallest absolute Gasteiger partial charge is 0.416 e. The molecule has 4 heteroatoms. The second-order valence-corrected chi connectivity index (χ2v) is 3.66. The van der Waals surface area contributed by atoms with Crippen molar-refractivity contribution in [1.82, 2.24) is 4.90 Å². The molecule has 0 aromatic carbocycles. The van der Waals surface area contributed by atoms with Gasteiger partial charge in [0.15, 0.2) is 0 Å². The van der Waals surface area contributed by atoms with Crippen LogP contribution in [-0.2, 0) is 9.53 Å². The van der Waals surface area contributed by atoms with Crippen LogP contribution in [0.4, 0.5) is 4.79 Å². The van der Waals surface area contributed by atoms with E-state index < -0.39 is 6.09 Å². The Hall–Kier alpha value is -1.06. The Balaban J connectivity index is 4.11. The van der Waals surface area contributed by atoms with Crippen LogP contribution in [0.5, 0.6) is 0 Å². The molecule has 0 heterocycles. The van der Waals surface area contributed by atoms with Crippen molar-refractivity contribution in [1.29, 1.82) is 0 Å². The molecule has 0 aliphatic heterocycles. The van der Waals surface area contributed by atoms with Crippen molar-refractivity contribution in [2.45, 2.75) is 40.0 Å². The van der Waals surface area contributed by atoms with Crippen LogP contribution >= 0.6 is 0 Å². The first kappa shape index (κ1) is 13.9. The first-order valence-electron chi connectivity index (χ1n) is 5.45. The number of ether oxygens (including phenoxy) is 1. The number of imide groups is 1. The molecule has 88 valence electrons. The van der Waals surface area contributed by atoms with E-state index in [1.165, 1.54) is 7.11 Å². The van der Waals surface area contributed by atoms with Crippen LogP contribution in [0.1, 0.15) is 40.0 Å². The quantitative estimate of drug-likeness (QED) is 0.707. The Bertz CT molecular complexity index is 216. The molecule has 1 unspecified atom stereocenters. The van der Waals surface area contributed by atoms with Crippen molar-refractivity contribution in [2.75, 3.05) is 13.7 Å².